The van der Waals surface area contributed by atoms with Crippen LogP contribution in [0, 0.1) is 6.92 Å². The van der Waals surface area contributed by atoms with Gasteiger partial charge in [-0.2, -0.15) is 0 Å². The standard InChI is InChI=1S/C23H20NO2/c1-18-12-14-21(15-13-18)24(22(25)16-19-8-4-2-5-9-19)23(26)17-20-10-6-3-7-11-20/h2-15H,1,16-17H2. The van der Waals surface area contributed by atoms with E-state index in [4.69, 9.17) is 0 Å². The predicted octanol–water partition coefficient (Wildman–Crippen LogP) is 4.21. The van der Waals surface area contributed by atoms with Crippen LogP contribution in [-0.4, -0.2) is 11.8 Å². The van der Waals surface area contributed by atoms with Crippen LogP contribution in [0.5, 0.6) is 0 Å². The molecule has 0 atom stereocenters. The van der Waals surface area contributed by atoms with Crippen molar-refractivity contribution < 1.29 is 9.59 Å². The Morgan fingerprint density at radius 1 is 0.654 bits per heavy atom. The molecule has 129 valence electrons. The number of imide groups is 1. The summed E-state index contributed by atoms with van der Waals surface area (Å²) in [5.74, 6) is -0.483. The van der Waals surface area contributed by atoms with Gasteiger partial charge in [0.2, 0.25) is 11.8 Å². The molecular formula is C23H20NO2. The van der Waals surface area contributed by atoms with Crippen LogP contribution in [0.15, 0.2) is 84.9 Å². The molecular weight excluding hydrogens is 322 g/mol. The third-order valence-corrected chi connectivity index (χ3v) is 4.09. The third-order valence-electron chi connectivity index (χ3n) is 4.09. The van der Waals surface area contributed by atoms with E-state index in [-0.39, 0.29) is 24.7 Å². The molecule has 0 saturated heterocycles. The molecule has 3 aromatic rings. The average Bonchev–Trinajstić information content (AvgIpc) is 2.65. The molecule has 3 nitrogen and oxygen atoms in total. The first-order chi connectivity index (χ1) is 12.6. The quantitative estimate of drug-likeness (QED) is 0.696. The average molecular weight is 342 g/mol. The van der Waals surface area contributed by atoms with Crippen molar-refractivity contribution in [3.63, 3.8) is 0 Å². The molecule has 0 saturated carbocycles. The molecule has 0 aliphatic carbocycles. The fourth-order valence-electron chi connectivity index (χ4n) is 2.77. The van der Waals surface area contributed by atoms with E-state index in [1.807, 2.05) is 60.7 Å². The van der Waals surface area contributed by atoms with Crippen LogP contribution in [0.3, 0.4) is 0 Å². The molecule has 26 heavy (non-hydrogen) atoms. The Morgan fingerprint density at radius 3 is 1.50 bits per heavy atom. The third kappa shape index (κ3) is 4.45. The number of hydrogen-bond donors (Lipinski definition) is 0. The van der Waals surface area contributed by atoms with E-state index in [0.29, 0.717) is 5.69 Å². The number of hydrogen-bond acceptors (Lipinski definition) is 2. The van der Waals surface area contributed by atoms with Crippen LogP contribution < -0.4 is 4.90 Å². The number of rotatable bonds is 5. The summed E-state index contributed by atoms with van der Waals surface area (Å²) < 4.78 is 0. The Balaban J connectivity index is 1.87. The number of nitrogens with zero attached hydrogens (tertiary/aromatic N) is 1. The second kappa shape index (κ2) is 8.26. The predicted molar refractivity (Wildman–Crippen MR) is 104 cm³/mol. The van der Waals surface area contributed by atoms with Crippen molar-refractivity contribution in [1.82, 2.24) is 0 Å². The molecule has 0 unspecified atom stereocenters. The number of benzene rings is 3. The van der Waals surface area contributed by atoms with E-state index in [9.17, 15) is 9.59 Å². The summed E-state index contributed by atoms with van der Waals surface area (Å²) in [5, 5.41) is 0. The van der Waals surface area contributed by atoms with Crippen molar-refractivity contribution in [2.24, 2.45) is 0 Å². The Hall–Kier alpha value is -3.20. The number of carbonyl (C=O) groups is 2. The summed E-state index contributed by atoms with van der Waals surface area (Å²) in [6.07, 6.45) is 0.348. The van der Waals surface area contributed by atoms with Gasteiger partial charge < -0.3 is 0 Å². The Kier molecular flexibility index (Phi) is 5.59. The zero-order chi connectivity index (χ0) is 18.4. The maximum atomic E-state index is 12.9. The lowest BCUT2D eigenvalue weighted by Crippen LogP contribution is -2.39. The van der Waals surface area contributed by atoms with Gasteiger partial charge in [-0.3, -0.25) is 14.5 Å². The SMILES string of the molecule is [CH2]c1ccc(N(C(=O)Cc2ccccc2)C(=O)Cc2ccccc2)cc1. The molecule has 3 rings (SSSR count). The van der Waals surface area contributed by atoms with E-state index in [2.05, 4.69) is 6.92 Å². The number of anilines is 1. The minimum absolute atomic E-state index is 0.174. The maximum absolute atomic E-state index is 12.9. The summed E-state index contributed by atoms with van der Waals surface area (Å²) in [5.41, 5.74) is 3.16. The lowest BCUT2D eigenvalue weighted by Gasteiger charge is -2.21. The van der Waals surface area contributed by atoms with Gasteiger partial charge in [-0.25, -0.2) is 0 Å². The molecule has 1 radical (unpaired) electrons. The van der Waals surface area contributed by atoms with Crippen molar-refractivity contribution in [2.75, 3.05) is 4.90 Å². The fraction of sp³-hybridized carbons (Fsp3) is 0.0870. The highest BCUT2D eigenvalue weighted by Crippen LogP contribution is 2.19. The fourth-order valence-corrected chi connectivity index (χ4v) is 2.77. The van der Waals surface area contributed by atoms with E-state index in [1.165, 1.54) is 4.90 Å². The van der Waals surface area contributed by atoms with Crippen LogP contribution in [0.4, 0.5) is 5.69 Å². The molecule has 2 amide bonds. The van der Waals surface area contributed by atoms with E-state index >= 15 is 0 Å². The lowest BCUT2D eigenvalue weighted by molar-refractivity contribution is -0.125. The minimum atomic E-state index is -0.242. The van der Waals surface area contributed by atoms with Crippen LogP contribution in [0.2, 0.25) is 0 Å². The molecule has 0 heterocycles. The van der Waals surface area contributed by atoms with Gasteiger partial charge in [0.25, 0.3) is 0 Å². The van der Waals surface area contributed by atoms with Crippen molar-refractivity contribution >= 4 is 17.5 Å². The molecule has 0 bridgehead atoms. The summed E-state index contributed by atoms with van der Waals surface area (Å²) >= 11 is 0. The zero-order valence-corrected chi connectivity index (χ0v) is 14.5. The van der Waals surface area contributed by atoms with Crippen LogP contribution in [-0.2, 0) is 22.4 Å². The molecule has 0 N–H and O–H groups in total. The van der Waals surface area contributed by atoms with Gasteiger partial charge >= 0.3 is 0 Å². The monoisotopic (exact) mass is 342 g/mol. The zero-order valence-electron chi connectivity index (χ0n) is 14.5. The summed E-state index contributed by atoms with van der Waals surface area (Å²) in [6, 6.07) is 26.0. The largest absolute Gasteiger partial charge is 0.274 e. The van der Waals surface area contributed by atoms with Gasteiger partial charge in [0, 0.05) is 0 Å². The highest BCUT2D eigenvalue weighted by molar-refractivity contribution is 6.15. The highest BCUT2D eigenvalue weighted by Gasteiger charge is 2.23. The van der Waals surface area contributed by atoms with Gasteiger partial charge in [-0.05, 0) is 35.7 Å². The summed E-state index contributed by atoms with van der Waals surface area (Å²) in [4.78, 5) is 27.1. The van der Waals surface area contributed by atoms with Gasteiger partial charge in [0.05, 0.1) is 18.5 Å². The second-order valence-electron chi connectivity index (χ2n) is 6.11. The van der Waals surface area contributed by atoms with Crippen molar-refractivity contribution in [1.29, 1.82) is 0 Å². The van der Waals surface area contributed by atoms with Crippen LogP contribution in [0.25, 0.3) is 0 Å². The molecule has 0 aliphatic heterocycles. The first-order valence-electron chi connectivity index (χ1n) is 8.49. The highest BCUT2D eigenvalue weighted by atomic mass is 16.2. The van der Waals surface area contributed by atoms with Crippen molar-refractivity contribution in [2.45, 2.75) is 12.8 Å². The number of amides is 2. The number of carbonyl (C=O) groups excluding carboxylic acids is 2. The van der Waals surface area contributed by atoms with Gasteiger partial charge in [-0.15, -0.1) is 0 Å². The maximum Gasteiger partial charge on any atom is 0.238 e. The van der Waals surface area contributed by atoms with E-state index in [0.717, 1.165) is 16.7 Å². The normalized spacial score (nSPS) is 10.3. The van der Waals surface area contributed by atoms with E-state index in [1.54, 1.807) is 24.3 Å². The first-order valence-corrected chi connectivity index (χ1v) is 8.49. The first kappa shape index (κ1) is 17.6. The molecule has 0 spiro atoms. The molecule has 3 heteroatoms. The second-order valence-corrected chi connectivity index (χ2v) is 6.11. The molecule has 3 aromatic carbocycles. The van der Waals surface area contributed by atoms with Crippen LogP contribution in [0.1, 0.15) is 16.7 Å². The summed E-state index contributed by atoms with van der Waals surface area (Å²) in [6.45, 7) is 3.86. The smallest absolute Gasteiger partial charge is 0.238 e. The molecule has 0 fully saturated rings. The Morgan fingerprint density at radius 2 is 1.08 bits per heavy atom. The van der Waals surface area contributed by atoms with Gasteiger partial charge in [-0.1, -0.05) is 72.8 Å². The van der Waals surface area contributed by atoms with E-state index < -0.39 is 0 Å². The van der Waals surface area contributed by atoms with Gasteiger partial charge in [0.1, 0.15) is 0 Å². The topological polar surface area (TPSA) is 37.4 Å². The van der Waals surface area contributed by atoms with Gasteiger partial charge in [0.15, 0.2) is 0 Å². The Bertz CT molecular complexity index is 818. The van der Waals surface area contributed by atoms with Crippen molar-refractivity contribution in [3.05, 3.63) is 109 Å². The minimum Gasteiger partial charge on any atom is -0.274 e. The van der Waals surface area contributed by atoms with Crippen molar-refractivity contribution in [3.8, 4) is 0 Å². The van der Waals surface area contributed by atoms with Crippen LogP contribution >= 0.6 is 0 Å². The Labute approximate surface area is 153 Å². The molecule has 0 aliphatic rings. The lowest BCUT2D eigenvalue weighted by atomic mass is 10.1. The summed E-state index contributed by atoms with van der Waals surface area (Å²) in [7, 11) is 0. The molecule has 0 aromatic heterocycles.